The highest BCUT2D eigenvalue weighted by Crippen LogP contribution is 2.17. The van der Waals surface area contributed by atoms with Crippen molar-refractivity contribution in [1.29, 1.82) is 0 Å². The van der Waals surface area contributed by atoms with Gasteiger partial charge in [-0.2, -0.15) is 0 Å². The lowest BCUT2D eigenvalue weighted by Crippen LogP contribution is -2.27. The first-order chi connectivity index (χ1) is 11.1. The molecule has 0 aliphatic carbocycles. The molecule has 1 heterocycles. The molecule has 0 saturated carbocycles. The lowest BCUT2D eigenvalue weighted by molar-refractivity contribution is 0.0948. The Kier molecular flexibility index (Phi) is 5.91. The van der Waals surface area contributed by atoms with Gasteiger partial charge in [0.2, 0.25) is 0 Å². The minimum atomic E-state index is -0.233. The fraction of sp³-hybridized carbons (Fsp3) is 0.353. The summed E-state index contributed by atoms with van der Waals surface area (Å²) in [4.78, 5) is 20.4. The number of nitrogens with one attached hydrogen (secondary N) is 2. The molecule has 2 rings (SSSR count). The van der Waals surface area contributed by atoms with Gasteiger partial charge < -0.3 is 15.4 Å². The highest BCUT2D eigenvalue weighted by molar-refractivity contribution is 5.92. The van der Waals surface area contributed by atoms with Gasteiger partial charge in [0.25, 0.3) is 5.91 Å². The van der Waals surface area contributed by atoms with Crippen molar-refractivity contribution < 1.29 is 9.53 Å². The molecule has 122 valence electrons. The summed E-state index contributed by atoms with van der Waals surface area (Å²) in [5.41, 5.74) is 1.36. The average Bonchev–Trinajstić information content (AvgIpc) is 2.55. The lowest BCUT2D eigenvalue weighted by Gasteiger charge is -2.10. The number of hydrogen-bond acceptors (Lipinski definition) is 5. The Balaban J connectivity index is 1.87. The second kappa shape index (κ2) is 8.12. The number of anilines is 1. The van der Waals surface area contributed by atoms with E-state index in [0.29, 0.717) is 24.5 Å². The fourth-order valence-corrected chi connectivity index (χ4v) is 2.13. The molecular formula is C17H22N4O2. The third-order valence-electron chi connectivity index (χ3n) is 3.19. The molecular weight excluding hydrogens is 292 g/mol. The summed E-state index contributed by atoms with van der Waals surface area (Å²) in [5.74, 6) is 1.25. The highest BCUT2D eigenvalue weighted by atomic mass is 16.5. The molecule has 0 fully saturated rings. The Hall–Kier alpha value is -2.63. The van der Waals surface area contributed by atoms with Crippen molar-refractivity contribution >= 4 is 11.7 Å². The molecule has 2 N–H and O–H groups in total. The number of rotatable bonds is 7. The Morgan fingerprint density at radius 3 is 2.65 bits per heavy atom. The van der Waals surface area contributed by atoms with Crippen LogP contribution in [0.4, 0.5) is 5.82 Å². The average molecular weight is 314 g/mol. The number of amides is 1. The van der Waals surface area contributed by atoms with Gasteiger partial charge in [-0.15, -0.1) is 0 Å². The van der Waals surface area contributed by atoms with Crippen molar-refractivity contribution in [1.82, 2.24) is 15.3 Å². The van der Waals surface area contributed by atoms with Crippen LogP contribution in [0.15, 0.2) is 36.7 Å². The predicted octanol–water partition coefficient (Wildman–Crippen LogP) is 2.28. The molecule has 1 aromatic heterocycles. The van der Waals surface area contributed by atoms with Crippen LogP contribution < -0.4 is 15.4 Å². The summed E-state index contributed by atoms with van der Waals surface area (Å²) in [5, 5.41) is 5.97. The molecule has 23 heavy (non-hydrogen) atoms. The molecule has 0 aliphatic heterocycles. The van der Waals surface area contributed by atoms with E-state index in [-0.39, 0.29) is 11.9 Å². The standard InChI is InChI=1S/C17H22N4O2/c1-12(2)21-16-11-19-14(10-20-16)17(22)18-9-8-13-6-4-5-7-15(13)23-3/h4-7,10-12H,8-9H2,1-3H3,(H,18,22)(H,20,21). The van der Waals surface area contributed by atoms with Gasteiger partial charge in [-0.1, -0.05) is 18.2 Å². The van der Waals surface area contributed by atoms with Crippen LogP contribution >= 0.6 is 0 Å². The van der Waals surface area contributed by atoms with Crippen molar-refractivity contribution in [2.24, 2.45) is 0 Å². The maximum Gasteiger partial charge on any atom is 0.271 e. The quantitative estimate of drug-likeness (QED) is 0.820. The van der Waals surface area contributed by atoms with E-state index in [4.69, 9.17) is 4.74 Å². The minimum absolute atomic E-state index is 0.233. The van der Waals surface area contributed by atoms with Crippen LogP contribution in [-0.2, 0) is 6.42 Å². The Morgan fingerprint density at radius 1 is 1.22 bits per heavy atom. The summed E-state index contributed by atoms with van der Waals surface area (Å²) in [7, 11) is 1.64. The number of aromatic nitrogens is 2. The largest absolute Gasteiger partial charge is 0.496 e. The van der Waals surface area contributed by atoms with Crippen LogP contribution in [-0.4, -0.2) is 35.6 Å². The van der Waals surface area contributed by atoms with E-state index in [2.05, 4.69) is 20.6 Å². The monoisotopic (exact) mass is 314 g/mol. The second-order valence-corrected chi connectivity index (χ2v) is 5.40. The Labute approximate surface area is 136 Å². The summed E-state index contributed by atoms with van der Waals surface area (Å²) in [6, 6.07) is 8.03. The van der Waals surface area contributed by atoms with E-state index >= 15 is 0 Å². The zero-order valence-electron chi connectivity index (χ0n) is 13.7. The van der Waals surface area contributed by atoms with Gasteiger partial charge in [-0.05, 0) is 31.9 Å². The number of para-hydroxylation sites is 1. The van der Waals surface area contributed by atoms with E-state index in [1.807, 2.05) is 38.1 Å². The summed E-state index contributed by atoms with van der Waals surface area (Å²) in [6.45, 7) is 4.53. The number of hydrogen-bond donors (Lipinski definition) is 2. The third-order valence-corrected chi connectivity index (χ3v) is 3.19. The Morgan fingerprint density at radius 2 is 2.00 bits per heavy atom. The number of methoxy groups -OCH3 is 1. The van der Waals surface area contributed by atoms with Crippen molar-refractivity contribution in [2.45, 2.75) is 26.3 Å². The first-order valence-electron chi connectivity index (χ1n) is 7.59. The van der Waals surface area contributed by atoms with Crippen LogP contribution in [0, 0.1) is 0 Å². The molecule has 0 spiro atoms. The first-order valence-corrected chi connectivity index (χ1v) is 7.59. The van der Waals surface area contributed by atoms with E-state index in [9.17, 15) is 4.79 Å². The van der Waals surface area contributed by atoms with E-state index in [0.717, 1.165) is 11.3 Å². The molecule has 0 aliphatic rings. The van der Waals surface area contributed by atoms with Gasteiger partial charge in [-0.25, -0.2) is 9.97 Å². The van der Waals surface area contributed by atoms with Gasteiger partial charge in [0.15, 0.2) is 0 Å². The zero-order valence-corrected chi connectivity index (χ0v) is 13.7. The molecule has 0 bridgehead atoms. The number of carbonyl (C=O) groups is 1. The predicted molar refractivity (Wildman–Crippen MR) is 89.8 cm³/mol. The van der Waals surface area contributed by atoms with Crippen molar-refractivity contribution in [3.05, 3.63) is 47.9 Å². The highest BCUT2D eigenvalue weighted by Gasteiger charge is 2.08. The summed E-state index contributed by atoms with van der Waals surface area (Å²) >= 11 is 0. The number of carbonyl (C=O) groups excluding carboxylic acids is 1. The molecule has 0 radical (unpaired) electrons. The SMILES string of the molecule is COc1ccccc1CCNC(=O)c1cnc(NC(C)C)cn1. The second-order valence-electron chi connectivity index (χ2n) is 5.40. The maximum absolute atomic E-state index is 12.1. The molecule has 2 aromatic rings. The summed E-state index contributed by atoms with van der Waals surface area (Å²) < 4.78 is 5.29. The van der Waals surface area contributed by atoms with Crippen LogP contribution in [0.25, 0.3) is 0 Å². The number of benzene rings is 1. The van der Waals surface area contributed by atoms with Crippen LogP contribution in [0.5, 0.6) is 5.75 Å². The topological polar surface area (TPSA) is 76.1 Å². The van der Waals surface area contributed by atoms with Gasteiger partial charge >= 0.3 is 0 Å². The molecule has 6 heteroatoms. The van der Waals surface area contributed by atoms with Gasteiger partial charge in [0.1, 0.15) is 17.3 Å². The van der Waals surface area contributed by atoms with Crippen LogP contribution in [0.2, 0.25) is 0 Å². The molecule has 1 amide bonds. The van der Waals surface area contributed by atoms with Crippen molar-refractivity contribution in [2.75, 3.05) is 19.0 Å². The minimum Gasteiger partial charge on any atom is -0.496 e. The third kappa shape index (κ3) is 4.95. The van der Waals surface area contributed by atoms with E-state index in [1.165, 1.54) is 6.20 Å². The van der Waals surface area contributed by atoms with Crippen molar-refractivity contribution in [3.8, 4) is 5.75 Å². The van der Waals surface area contributed by atoms with Crippen molar-refractivity contribution in [3.63, 3.8) is 0 Å². The first kappa shape index (κ1) is 16.7. The smallest absolute Gasteiger partial charge is 0.271 e. The maximum atomic E-state index is 12.1. The number of ether oxygens (including phenoxy) is 1. The van der Waals surface area contributed by atoms with Crippen LogP contribution in [0.1, 0.15) is 29.9 Å². The molecule has 0 unspecified atom stereocenters. The van der Waals surface area contributed by atoms with Gasteiger partial charge in [-0.3, -0.25) is 4.79 Å². The normalized spacial score (nSPS) is 10.4. The van der Waals surface area contributed by atoms with Gasteiger partial charge in [0.05, 0.1) is 19.5 Å². The van der Waals surface area contributed by atoms with E-state index < -0.39 is 0 Å². The fourth-order valence-electron chi connectivity index (χ4n) is 2.13. The molecule has 0 atom stereocenters. The molecule has 6 nitrogen and oxygen atoms in total. The van der Waals surface area contributed by atoms with E-state index in [1.54, 1.807) is 13.3 Å². The summed E-state index contributed by atoms with van der Waals surface area (Å²) in [6.07, 6.45) is 3.73. The zero-order chi connectivity index (χ0) is 16.7. The molecule has 0 saturated heterocycles. The Bertz CT molecular complexity index is 641. The molecule has 1 aromatic carbocycles. The number of nitrogens with zero attached hydrogens (tertiary/aromatic N) is 2. The van der Waals surface area contributed by atoms with Crippen LogP contribution in [0.3, 0.4) is 0 Å². The van der Waals surface area contributed by atoms with Gasteiger partial charge in [0, 0.05) is 12.6 Å². The lowest BCUT2D eigenvalue weighted by atomic mass is 10.1.